The molecule has 1 saturated heterocycles. The number of rotatable bonds is 6. The molecular formula is C20H23N3O5. The van der Waals surface area contributed by atoms with Crippen molar-refractivity contribution in [2.75, 3.05) is 31.6 Å². The number of phenols is 1. The number of phenolic OH excluding ortho intramolecular Hbond substituents is 1. The number of nitrogens with one attached hydrogen (secondary N) is 1. The maximum atomic E-state index is 12.3. The molecule has 2 N–H and O–H groups in total. The molecule has 1 aliphatic rings. The third-order valence-electron chi connectivity index (χ3n) is 4.74. The number of aromatic hydroxyl groups is 1. The van der Waals surface area contributed by atoms with Gasteiger partial charge in [-0.05, 0) is 36.2 Å². The lowest BCUT2D eigenvalue weighted by molar-refractivity contribution is -0.384. The van der Waals surface area contributed by atoms with Crippen LogP contribution >= 0.6 is 0 Å². The van der Waals surface area contributed by atoms with E-state index in [0.717, 1.165) is 12.1 Å². The fourth-order valence-electron chi connectivity index (χ4n) is 3.21. The number of benzene rings is 2. The van der Waals surface area contributed by atoms with E-state index >= 15 is 0 Å². The molecule has 1 aliphatic heterocycles. The van der Waals surface area contributed by atoms with Gasteiger partial charge in [0.1, 0.15) is 5.75 Å². The second-order valence-corrected chi connectivity index (χ2v) is 6.81. The van der Waals surface area contributed by atoms with Gasteiger partial charge in [0, 0.05) is 43.9 Å². The topological polar surface area (TPSA) is 105 Å². The predicted octanol–water partition coefficient (Wildman–Crippen LogP) is 3.01. The van der Waals surface area contributed by atoms with Gasteiger partial charge in [0.2, 0.25) is 5.91 Å². The first-order valence-electron chi connectivity index (χ1n) is 9.10. The highest BCUT2D eigenvalue weighted by Gasteiger charge is 2.22. The lowest BCUT2D eigenvalue weighted by atomic mass is 10.1. The molecule has 2 aromatic carbocycles. The summed E-state index contributed by atoms with van der Waals surface area (Å²) in [5.41, 5.74) is 2.14. The number of hydrogen-bond donors (Lipinski definition) is 2. The zero-order valence-corrected chi connectivity index (χ0v) is 15.6. The summed E-state index contributed by atoms with van der Waals surface area (Å²) in [6, 6.07) is 11.4. The second kappa shape index (κ2) is 8.81. The number of hydrogen-bond acceptors (Lipinski definition) is 6. The largest absolute Gasteiger partial charge is 0.508 e. The minimum absolute atomic E-state index is 0.00167. The van der Waals surface area contributed by atoms with E-state index in [9.17, 15) is 20.0 Å². The number of carbonyl (C=O) groups is 1. The fraction of sp³-hybridized carbons (Fsp3) is 0.350. The van der Waals surface area contributed by atoms with Crippen molar-refractivity contribution >= 4 is 17.3 Å². The van der Waals surface area contributed by atoms with Crippen molar-refractivity contribution in [2.45, 2.75) is 19.4 Å². The maximum absolute atomic E-state index is 12.3. The van der Waals surface area contributed by atoms with Crippen LogP contribution in [0.25, 0.3) is 0 Å². The van der Waals surface area contributed by atoms with E-state index < -0.39 is 4.92 Å². The number of morpholine rings is 1. The molecule has 3 rings (SSSR count). The Morgan fingerprint density at radius 1 is 1.36 bits per heavy atom. The summed E-state index contributed by atoms with van der Waals surface area (Å²) < 4.78 is 5.79. The van der Waals surface area contributed by atoms with Gasteiger partial charge in [-0.15, -0.1) is 0 Å². The summed E-state index contributed by atoms with van der Waals surface area (Å²) in [5, 5.41) is 23.3. The monoisotopic (exact) mass is 385 g/mol. The van der Waals surface area contributed by atoms with E-state index in [1.807, 2.05) is 6.07 Å². The minimum atomic E-state index is -0.458. The Hall–Kier alpha value is -2.97. The number of nitrogens with zero attached hydrogens (tertiary/aromatic N) is 2. The zero-order chi connectivity index (χ0) is 20.1. The van der Waals surface area contributed by atoms with Gasteiger partial charge in [0.15, 0.2) is 0 Å². The number of carbonyl (C=O) groups excluding carboxylic acids is 1. The number of amides is 1. The van der Waals surface area contributed by atoms with Crippen molar-refractivity contribution in [1.82, 2.24) is 4.90 Å². The SMILES string of the molecule is Cc1cc([N+](=O)[O-])ccc1NC(=O)CCN1CCOC(c2cccc(O)c2)C1. The van der Waals surface area contributed by atoms with Gasteiger partial charge in [-0.25, -0.2) is 0 Å². The Morgan fingerprint density at radius 3 is 2.89 bits per heavy atom. The average molecular weight is 385 g/mol. The molecule has 0 bridgehead atoms. The molecule has 1 atom stereocenters. The molecular weight excluding hydrogens is 362 g/mol. The zero-order valence-electron chi connectivity index (χ0n) is 15.6. The summed E-state index contributed by atoms with van der Waals surface area (Å²) in [6.07, 6.45) is 0.171. The van der Waals surface area contributed by atoms with Crippen LogP contribution in [0, 0.1) is 17.0 Å². The molecule has 1 heterocycles. The van der Waals surface area contributed by atoms with Crippen molar-refractivity contribution in [2.24, 2.45) is 0 Å². The van der Waals surface area contributed by atoms with Gasteiger partial charge in [0.25, 0.3) is 5.69 Å². The molecule has 0 aromatic heterocycles. The van der Waals surface area contributed by atoms with E-state index in [0.29, 0.717) is 37.4 Å². The Balaban J connectivity index is 1.52. The third-order valence-corrected chi connectivity index (χ3v) is 4.74. The molecule has 2 aromatic rings. The van der Waals surface area contributed by atoms with Gasteiger partial charge in [0.05, 0.1) is 17.6 Å². The molecule has 0 saturated carbocycles. The maximum Gasteiger partial charge on any atom is 0.269 e. The molecule has 8 nitrogen and oxygen atoms in total. The molecule has 28 heavy (non-hydrogen) atoms. The average Bonchev–Trinajstić information content (AvgIpc) is 2.68. The number of anilines is 1. The lowest BCUT2D eigenvalue weighted by Gasteiger charge is -2.33. The van der Waals surface area contributed by atoms with Crippen molar-refractivity contribution in [3.05, 3.63) is 63.7 Å². The molecule has 0 radical (unpaired) electrons. The van der Waals surface area contributed by atoms with Crippen LogP contribution in [-0.4, -0.2) is 47.1 Å². The normalized spacial score (nSPS) is 17.2. The van der Waals surface area contributed by atoms with Crippen molar-refractivity contribution in [1.29, 1.82) is 0 Å². The summed E-state index contributed by atoms with van der Waals surface area (Å²) in [6.45, 7) is 4.25. The standard InChI is InChI=1S/C20H23N3O5/c1-14-11-16(23(26)27)5-6-18(14)21-20(25)7-8-22-9-10-28-19(13-22)15-3-2-4-17(24)12-15/h2-6,11-12,19,24H,7-10,13H2,1H3,(H,21,25). The van der Waals surface area contributed by atoms with Crippen LogP contribution in [0.5, 0.6) is 5.75 Å². The molecule has 0 spiro atoms. The fourth-order valence-corrected chi connectivity index (χ4v) is 3.21. The molecule has 1 unspecified atom stereocenters. The van der Waals surface area contributed by atoms with Crippen LogP contribution in [0.2, 0.25) is 0 Å². The third kappa shape index (κ3) is 5.05. The first-order chi connectivity index (χ1) is 13.4. The predicted molar refractivity (Wildman–Crippen MR) is 104 cm³/mol. The number of nitro groups is 1. The summed E-state index contributed by atoms with van der Waals surface area (Å²) in [7, 11) is 0. The van der Waals surface area contributed by atoms with E-state index in [2.05, 4.69) is 10.2 Å². The summed E-state index contributed by atoms with van der Waals surface area (Å²) in [5.74, 6) is 0.0634. The van der Waals surface area contributed by atoms with Crippen LogP contribution in [-0.2, 0) is 9.53 Å². The highest BCUT2D eigenvalue weighted by atomic mass is 16.6. The number of aryl methyl sites for hydroxylation is 1. The van der Waals surface area contributed by atoms with E-state index in [1.54, 1.807) is 31.2 Å². The molecule has 0 aliphatic carbocycles. The van der Waals surface area contributed by atoms with Crippen molar-refractivity contribution in [3.63, 3.8) is 0 Å². The highest BCUT2D eigenvalue weighted by Crippen LogP contribution is 2.25. The second-order valence-electron chi connectivity index (χ2n) is 6.81. The number of non-ortho nitro benzene ring substituents is 1. The number of ether oxygens (including phenoxy) is 1. The quantitative estimate of drug-likeness (QED) is 0.585. The van der Waals surface area contributed by atoms with Gasteiger partial charge in [-0.2, -0.15) is 0 Å². The summed E-state index contributed by atoms with van der Waals surface area (Å²) >= 11 is 0. The van der Waals surface area contributed by atoms with Crippen LogP contribution in [0.4, 0.5) is 11.4 Å². The smallest absolute Gasteiger partial charge is 0.269 e. The summed E-state index contributed by atoms with van der Waals surface area (Å²) in [4.78, 5) is 24.8. The Kier molecular flexibility index (Phi) is 6.23. The number of nitro benzene ring substituents is 1. The van der Waals surface area contributed by atoms with Gasteiger partial charge in [-0.3, -0.25) is 19.8 Å². The first-order valence-corrected chi connectivity index (χ1v) is 9.10. The van der Waals surface area contributed by atoms with E-state index in [-0.39, 0.29) is 23.4 Å². The van der Waals surface area contributed by atoms with Crippen molar-refractivity contribution < 1.29 is 19.6 Å². The van der Waals surface area contributed by atoms with Crippen LogP contribution < -0.4 is 5.32 Å². The lowest BCUT2D eigenvalue weighted by Crippen LogP contribution is -2.39. The highest BCUT2D eigenvalue weighted by molar-refractivity contribution is 5.91. The molecule has 1 fully saturated rings. The molecule has 8 heteroatoms. The Bertz CT molecular complexity index is 871. The Labute approximate surface area is 162 Å². The van der Waals surface area contributed by atoms with Crippen LogP contribution in [0.3, 0.4) is 0 Å². The van der Waals surface area contributed by atoms with Crippen LogP contribution in [0.15, 0.2) is 42.5 Å². The van der Waals surface area contributed by atoms with Crippen molar-refractivity contribution in [3.8, 4) is 5.75 Å². The molecule has 1 amide bonds. The van der Waals surface area contributed by atoms with E-state index in [4.69, 9.17) is 4.74 Å². The minimum Gasteiger partial charge on any atom is -0.508 e. The molecule has 148 valence electrons. The van der Waals surface area contributed by atoms with Gasteiger partial charge in [-0.1, -0.05) is 12.1 Å². The van der Waals surface area contributed by atoms with E-state index in [1.165, 1.54) is 12.1 Å². The van der Waals surface area contributed by atoms with Gasteiger partial charge < -0.3 is 15.2 Å². The van der Waals surface area contributed by atoms with Crippen LogP contribution in [0.1, 0.15) is 23.7 Å². The Morgan fingerprint density at radius 2 is 2.18 bits per heavy atom. The van der Waals surface area contributed by atoms with Gasteiger partial charge >= 0.3 is 0 Å². The first kappa shape index (κ1) is 19.8.